The third kappa shape index (κ3) is 37.5. The Kier molecular flexibility index (Phi) is 38.1. The van der Waals surface area contributed by atoms with E-state index in [0.717, 1.165) is 64.2 Å². The second kappa shape index (κ2) is 40.5. The molecule has 0 saturated carbocycles. The molecular formula is C46H80N2O7. The van der Waals surface area contributed by atoms with E-state index in [1.54, 1.807) is 0 Å². The largest absolute Gasteiger partial charge is 0.480 e. The average molecular weight is 773 g/mol. The van der Waals surface area contributed by atoms with Crippen LogP contribution >= 0.6 is 0 Å². The maximum atomic E-state index is 12.7. The fraction of sp³-hybridized carbons (Fsp3) is 0.739. The van der Waals surface area contributed by atoms with Gasteiger partial charge in [-0.05, 0) is 76.7 Å². The van der Waals surface area contributed by atoms with Crippen LogP contribution < -0.4 is 10.6 Å². The van der Waals surface area contributed by atoms with E-state index in [1.165, 1.54) is 96.3 Å². The molecule has 0 aliphatic heterocycles. The highest BCUT2D eigenvalue weighted by molar-refractivity contribution is 5.87. The summed E-state index contributed by atoms with van der Waals surface area (Å²) in [6.07, 6.45) is 47.4. The molecule has 0 bridgehead atoms. The molecule has 4 N–H and O–H groups in total. The van der Waals surface area contributed by atoms with Crippen LogP contribution in [0, 0.1) is 0 Å². The molecule has 0 aromatic heterocycles. The summed E-state index contributed by atoms with van der Waals surface area (Å²) in [4.78, 5) is 47.5. The van der Waals surface area contributed by atoms with Crippen LogP contribution in [0.2, 0.25) is 0 Å². The van der Waals surface area contributed by atoms with Gasteiger partial charge in [-0.1, -0.05) is 153 Å². The van der Waals surface area contributed by atoms with Gasteiger partial charge in [0.25, 0.3) is 0 Å². The molecule has 0 rings (SSSR count). The van der Waals surface area contributed by atoms with Crippen LogP contribution in [0.4, 0.5) is 0 Å². The number of carboxylic acid groups (broad SMARTS) is 1. The minimum absolute atomic E-state index is 0.134. The Bertz CT molecular complexity index is 1070. The Morgan fingerprint density at radius 2 is 1.05 bits per heavy atom. The molecule has 2 amide bonds. The summed E-state index contributed by atoms with van der Waals surface area (Å²) in [5.74, 6) is -2.43. The van der Waals surface area contributed by atoms with Crippen molar-refractivity contribution in [1.82, 2.24) is 10.6 Å². The molecule has 0 aromatic rings. The van der Waals surface area contributed by atoms with E-state index in [-0.39, 0.29) is 30.9 Å². The van der Waals surface area contributed by atoms with Gasteiger partial charge in [0.1, 0.15) is 12.1 Å². The van der Waals surface area contributed by atoms with Gasteiger partial charge in [-0.2, -0.15) is 0 Å². The number of aliphatic hydroxyl groups excluding tert-OH is 1. The summed E-state index contributed by atoms with van der Waals surface area (Å²) >= 11 is 0. The van der Waals surface area contributed by atoms with Gasteiger partial charge in [-0.25, -0.2) is 4.79 Å². The van der Waals surface area contributed by atoms with Crippen molar-refractivity contribution < 1.29 is 34.1 Å². The first kappa shape index (κ1) is 51.8. The van der Waals surface area contributed by atoms with Gasteiger partial charge in [0, 0.05) is 12.8 Å². The molecule has 0 aliphatic carbocycles. The number of rotatable bonds is 39. The topological polar surface area (TPSA) is 142 Å². The van der Waals surface area contributed by atoms with Crippen molar-refractivity contribution in [3.8, 4) is 0 Å². The lowest BCUT2D eigenvalue weighted by Gasteiger charge is -2.15. The van der Waals surface area contributed by atoms with Crippen molar-refractivity contribution in [2.24, 2.45) is 0 Å². The molecule has 9 nitrogen and oxygen atoms in total. The Morgan fingerprint density at radius 1 is 0.564 bits per heavy atom. The summed E-state index contributed by atoms with van der Waals surface area (Å²) in [6, 6.07) is -1.39. The van der Waals surface area contributed by atoms with E-state index in [4.69, 9.17) is 14.9 Å². The van der Waals surface area contributed by atoms with Crippen molar-refractivity contribution in [1.29, 1.82) is 0 Å². The number of allylic oxidation sites excluding steroid dienone is 7. The normalized spacial score (nSPS) is 12.9. The van der Waals surface area contributed by atoms with Gasteiger partial charge in [0.05, 0.1) is 13.2 Å². The fourth-order valence-corrected chi connectivity index (χ4v) is 6.09. The maximum Gasteiger partial charge on any atom is 0.328 e. The molecular weight excluding hydrogens is 693 g/mol. The highest BCUT2D eigenvalue weighted by Crippen LogP contribution is 2.15. The number of aliphatic carboxylic acids is 1. The summed E-state index contributed by atoms with van der Waals surface area (Å²) in [7, 11) is 0. The molecule has 0 radical (unpaired) electrons. The Balaban J connectivity index is 4.15. The second-order valence-corrected chi connectivity index (χ2v) is 14.8. The minimum atomic E-state index is -1.39. The molecule has 0 saturated heterocycles. The van der Waals surface area contributed by atoms with Gasteiger partial charge < -0.3 is 25.6 Å². The lowest BCUT2D eigenvalue weighted by Crippen LogP contribution is -2.47. The third-order valence-corrected chi connectivity index (χ3v) is 9.53. The van der Waals surface area contributed by atoms with E-state index in [2.05, 4.69) is 67.0 Å². The quantitative estimate of drug-likeness (QED) is 0.0277. The number of esters is 1. The first-order chi connectivity index (χ1) is 26.8. The Morgan fingerprint density at radius 3 is 1.62 bits per heavy atom. The molecule has 2 atom stereocenters. The lowest BCUT2D eigenvalue weighted by atomic mass is 10.1. The minimum Gasteiger partial charge on any atom is -0.480 e. The number of carbonyl (C=O) groups is 4. The lowest BCUT2D eigenvalue weighted by molar-refractivity contribution is -0.147. The maximum absolute atomic E-state index is 12.7. The molecule has 55 heavy (non-hydrogen) atoms. The number of unbranched alkanes of at least 4 members (excludes halogenated alkanes) is 19. The van der Waals surface area contributed by atoms with Crippen molar-refractivity contribution in [2.75, 3.05) is 13.2 Å². The molecule has 0 fully saturated rings. The Labute approximate surface area is 335 Å². The fourth-order valence-electron chi connectivity index (χ4n) is 6.09. The van der Waals surface area contributed by atoms with Gasteiger partial charge >= 0.3 is 11.9 Å². The monoisotopic (exact) mass is 773 g/mol. The number of aliphatic hydroxyl groups is 1. The van der Waals surface area contributed by atoms with E-state index >= 15 is 0 Å². The Hall–Kier alpha value is -3.20. The van der Waals surface area contributed by atoms with E-state index in [9.17, 15) is 19.2 Å². The highest BCUT2D eigenvalue weighted by atomic mass is 16.5. The van der Waals surface area contributed by atoms with Crippen molar-refractivity contribution >= 4 is 23.8 Å². The van der Waals surface area contributed by atoms with Crippen LogP contribution in [-0.2, 0) is 23.9 Å². The van der Waals surface area contributed by atoms with E-state index in [0.29, 0.717) is 12.8 Å². The van der Waals surface area contributed by atoms with Crippen LogP contribution in [-0.4, -0.2) is 59.3 Å². The number of amides is 2. The standard InChI is InChI=1S/C46H80N2O7/c1-3-5-7-9-11-12-13-14-15-16-17-18-19-20-21-22-23-24-26-28-34-38-45(52)55-41(35-31-27-25-10-8-6-4-2)36-32-29-30-33-37-43(50)47-39-44(51)48-42(40-49)46(53)54/h10,13-14,16-17,25,31,35,41-42,49H,3-9,11-12,15,18-24,26-30,32-34,36-40H2,1-2H3,(H,47,50)(H,48,51)(H,53,54)/b14-13-,17-16-,25-10-,35-31-. The SMILES string of the molecule is CCCC/C=C\C/C=C\C(CCCCCCC(=O)NCC(=O)NC(CO)C(=O)O)OC(=O)CCCCCCCCCCC/C=C\C/C=C\CCCCCCC. The van der Waals surface area contributed by atoms with Gasteiger partial charge in [-0.3, -0.25) is 14.4 Å². The molecule has 0 aliphatic rings. The first-order valence-corrected chi connectivity index (χ1v) is 22.0. The van der Waals surface area contributed by atoms with Gasteiger partial charge in [-0.15, -0.1) is 0 Å². The molecule has 9 heteroatoms. The molecule has 316 valence electrons. The highest BCUT2D eigenvalue weighted by Gasteiger charge is 2.18. The van der Waals surface area contributed by atoms with Gasteiger partial charge in [0.2, 0.25) is 11.8 Å². The summed E-state index contributed by atoms with van der Waals surface area (Å²) < 4.78 is 5.88. The van der Waals surface area contributed by atoms with Gasteiger partial charge in [0.15, 0.2) is 0 Å². The zero-order valence-electron chi connectivity index (χ0n) is 34.9. The van der Waals surface area contributed by atoms with Crippen molar-refractivity contribution in [3.63, 3.8) is 0 Å². The van der Waals surface area contributed by atoms with E-state index in [1.807, 2.05) is 6.08 Å². The average Bonchev–Trinajstić information content (AvgIpc) is 3.17. The summed E-state index contributed by atoms with van der Waals surface area (Å²) in [5.41, 5.74) is 0. The third-order valence-electron chi connectivity index (χ3n) is 9.53. The zero-order chi connectivity index (χ0) is 40.5. The number of carbonyl (C=O) groups excluding carboxylic acids is 3. The molecule has 0 aromatic carbocycles. The molecule has 0 spiro atoms. The van der Waals surface area contributed by atoms with Crippen molar-refractivity contribution in [3.05, 3.63) is 48.6 Å². The zero-order valence-corrected chi connectivity index (χ0v) is 34.9. The number of carboxylic acids is 1. The summed E-state index contributed by atoms with van der Waals surface area (Å²) in [5, 5.41) is 22.5. The van der Waals surface area contributed by atoms with Crippen LogP contribution in [0.3, 0.4) is 0 Å². The number of hydrogen-bond donors (Lipinski definition) is 4. The predicted octanol–water partition coefficient (Wildman–Crippen LogP) is 10.8. The van der Waals surface area contributed by atoms with Crippen LogP contribution in [0.15, 0.2) is 48.6 Å². The van der Waals surface area contributed by atoms with Crippen molar-refractivity contribution in [2.45, 2.75) is 206 Å². The van der Waals surface area contributed by atoms with Crippen LogP contribution in [0.25, 0.3) is 0 Å². The number of ether oxygens (including phenoxy) is 1. The summed E-state index contributed by atoms with van der Waals surface area (Å²) in [6.45, 7) is 3.38. The smallest absolute Gasteiger partial charge is 0.328 e. The second-order valence-electron chi connectivity index (χ2n) is 14.8. The van der Waals surface area contributed by atoms with Crippen LogP contribution in [0.5, 0.6) is 0 Å². The molecule has 0 heterocycles. The van der Waals surface area contributed by atoms with E-state index < -0.39 is 24.5 Å². The predicted molar refractivity (Wildman–Crippen MR) is 227 cm³/mol. The first-order valence-electron chi connectivity index (χ1n) is 22.0. The van der Waals surface area contributed by atoms with Crippen LogP contribution in [0.1, 0.15) is 194 Å². The molecule has 2 unspecified atom stereocenters. The number of hydrogen-bond acceptors (Lipinski definition) is 6. The number of nitrogens with one attached hydrogen (secondary N) is 2.